The van der Waals surface area contributed by atoms with Gasteiger partial charge in [0.15, 0.2) is 0 Å². The Kier molecular flexibility index (Phi) is 6.09. The molecular weight excluding hydrogens is 380 g/mol. The quantitative estimate of drug-likeness (QED) is 0.674. The molecule has 0 saturated carbocycles. The van der Waals surface area contributed by atoms with Crippen molar-refractivity contribution in [3.63, 3.8) is 0 Å². The average molecular weight is 406 g/mol. The molecule has 3 aromatic rings. The number of methoxy groups -OCH3 is 2. The average Bonchev–Trinajstić information content (AvgIpc) is 2.79. The number of aromatic amines is 1. The molecule has 1 unspecified atom stereocenters. The lowest BCUT2D eigenvalue weighted by Gasteiger charge is -2.35. The van der Waals surface area contributed by atoms with E-state index in [-0.39, 0.29) is 11.6 Å². The highest BCUT2D eigenvalue weighted by Gasteiger charge is 2.27. The van der Waals surface area contributed by atoms with Crippen molar-refractivity contribution in [1.82, 2.24) is 19.9 Å². The number of H-pyrrole nitrogens is 1. The molecule has 0 radical (unpaired) electrons. The number of hydrogen-bond donors (Lipinski definition) is 1. The number of likely N-dealkylation sites (tertiary alicyclic amines) is 1. The van der Waals surface area contributed by atoms with Crippen molar-refractivity contribution >= 4 is 0 Å². The van der Waals surface area contributed by atoms with E-state index in [2.05, 4.69) is 14.9 Å². The number of benzene rings is 1. The summed E-state index contributed by atoms with van der Waals surface area (Å²) in [5.41, 5.74) is 2.56. The Hall–Kier alpha value is -3.19. The maximum atomic E-state index is 12.4. The van der Waals surface area contributed by atoms with Gasteiger partial charge in [-0.25, -0.2) is 4.98 Å². The first-order valence-corrected chi connectivity index (χ1v) is 10.1. The van der Waals surface area contributed by atoms with E-state index < -0.39 is 0 Å². The fourth-order valence-corrected chi connectivity index (χ4v) is 4.03. The molecule has 1 saturated heterocycles. The lowest BCUT2D eigenvalue weighted by Crippen LogP contribution is -2.34. The molecular formula is C23H26N4O3. The summed E-state index contributed by atoms with van der Waals surface area (Å²) in [5, 5.41) is 0. The highest BCUT2D eigenvalue weighted by Crippen LogP contribution is 2.34. The molecule has 1 atom stereocenters. The first-order valence-electron chi connectivity index (χ1n) is 10.1. The van der Waals surface area contributed by atoms with Crippen LogP contribution in [0.1, 0.15) is 36.6 Å². The summed E-state index contributed by atoms with van der Waals surface area (Å²) >= 11 is 0. The predicted molar refractivity (Wildman–Crippen MR) is 115 cm³/mol. The Morgan fingerprint density at radius 3 is 2.70 bits per heavy atom. The molecule has 3 heterocycles. The molecule has 156 valence electrons. The first-order chi connectivity index (χ1) is 14.7. The van der Waals surface area contributed by atoms with E-state index in [1.807, 2.05) is 30.3 Å². The van der Waals surface area contributed by atoms with Crippen LogP contribution >= 0.6 is 0 Å². The summed E-state index contributed by atoms with van der Waals surface area (Å²) in [7, 11) is 3.34. The van der Waals surface area contributed by atoms with Crippen molar-refractivity contribution in [2.75, 3.05) is 20.8 Å². The zero-order valence-corrected chi connectivity index (χ0v) is 17.3. The molecule has 7 heteroatoms. The molecule has 0 spiro atoms. The minimum atomic E-state index is -0.142. The Morgan fingerprint density at radius 1 is 1.10 bits per heavy atom. The van der Waals surface area contributed by atoms with E-state index in [0.717, 1.165) is 54.1 Å². The molecule has 4 rings (SSSR count). The molecule has 1 fully saturated rings. The molecule has 2 aromatic heterocycles. The molecule has 0 amide bonds. The summed E-state index contributed by atoms with van der Waals surface area (Å²) in [5.74, 6) is 2.20. The van der Waals surface area contributed by atoms with E-state index in [1.54, 1.807) is 32.7 Å². The minimum absolute atomic E-state index is 0.0672. The smallest absolute Gasteiger partial charge is 0.251 e. The molecule has 0 bridgehead atoms. The maximum Gasteiger partial charge on any atom is 0.251 e. The van der Waals surface area contributed by atoms with Gasteiger partial charge in [-0.3, -0.25) is 14.7 Å². The van der Waals surface area contributed by atoms with E-state index in [1.165, 1.54) is 0 Å². The third kappa shape index (κ3) is 4.36. The fraction of sp³-hybridized carbons (Fsp3) is 0.348. The Bertz CT molecular complexity index is 1050. The van der Waals surface area contributed by atoms with Crippen molar-refractivity contribution in [3.05, 3.63) is 70.4 Å². The van der Waals surface area contributed by atoms with Crippen LogP contribution < -0.4 is 15.0 Å². The number of aromatic nitrogens is 3. The zero-order valence-electron chi connectivity index (χ0n) is 17.3. The second kappa shape index (κ2) is 9.09. The van der Waals surface area contributed by atoms with Crippen LogP contribution in [-0.4, -0.2) is 40.6 Å². The molecule has 30 heavy (non-hydrogen) atoms. The van der Waals surface area contributed by atoms with Crippen molar-refractivity contribution < 1.29 is 9.47 Å². The van der Waals surface area contributed by atoms with Crippen LogP contribution in [0.3, 0.4) is 0 Å². The summed E-state index contributed by atoms with van der Waals surface area (Å²) in [4.78, 5) is 26.5. The number of piperidine rings is 1. The summed E-state index contributed by atoms with van der Waals surface area (Å²) in [6.45, 7) is 1.63. The van der Waals surface area contributed by atoms with E-state index in [0.29, 0.717) is 12.4 Å². The number of rotatable bonds is 6. The van der Waals surface area contributed by atoms with Gasteiger partial charge in [0.1, 0.15) is 17.3 Å². The largest absolute Gasteiger partial charge is 0.497 e. The Balaban J connectivity index is 1.67. The summed E-state index contributed by atoms with van der Waals surface area (Å²) < 4.78 is 11.0. The van der Waals surface area contributed by atoms with E-state index in [9.17, 15) is 4.79 Å². The predicted octanol–water partition coefficient (Wildman–Crippen LogP) is 3.58. The number of hydrogen-bond acceptors (Lipinski definition) is 6. The Morgan fingerprint density at radius 2 is 1.93 bits per heavy atom. The summed E-state index contributed by atoms with van der Waals surface area (Å²) in [6, 6.07) is 11.2. The monoisotopic (exact) mass is 406 g/mol. The fourth-order valence-electron chi connectivity index (χ4n) is 4.03. The van der Waals surface area contributed by atoms with Crippen molar-refractivity contribution in [2.45, 2.75) is 31.8 Å². The second-order valence-electron chi connectivity index (χ2n) is 7.41. The number of ether oxygens (including phenoxy) is 2. The number of pyridine rings is 1. The zero-order chi connectivity index (χ0) is 20.9. The number of nitrogens with one attached hydrogen (secondary N) is 1. The van der Waals surface area contributed by atoms with Crippen molar-refractivity contribution in [3.8, 4) is 22.9 Å². The van der Waals surface area contributed by atoms with Gasteiger partial charge in [-0.05, 0) is 49.7 Å². The van der Waals surface area contributed by atoms with Gasteiger partial charge < -0.3 is 14.5 Å². The van der Waals surface area contributed by atoms with Crippen LogP contribution in [0.5, 0.6) is 11.5 Å². The van der Waals surface area contributed by atoms with Gasteiger partial charge in [0.25, 0.3) is 5.56 Å². The van der Waals surface area contributed by atoms with Crippen molar-refractivity contribution in [2.24, 2.45) is 0 Å². The second-order valence-corrected chi connectivity index (χ2v) is 7.41. The molecule has 1 aliphatic heterocycles. The third-order valence-electron chi connectivity index (χ3n) is 5.53. The number of nitrogens with zero attached hydrogens (tertiary/aromatic N) is 3. The van der Waals surface area contributed by atoms with Gasteiger partial charge >= 0.3 is 0 Å². The van der Waals surface area contributed by atoms with Crippen LogP contribution in [0, 0.1) is 0 Å². The molecule has 1 N–H and O–H groups in total. The normalized spacial score (nSPS) is 16.9. The molecule has 1 aliphatic rings. The standard InChI is InChI=1S/C23H26N4O3/c1-29-18-6-7-21(30-2)17(13-18)15-27-12-4-3-5-20(27)19-14-22(28)26-23(25-19)16-8-10-24-11-9-16/h6-11,13-14,20H,3-5,12,15H2,1-2H3,(H,25,26,28). The van der Waals surface area contributed by atoms with E-state index >= 15 is 0 Å². The van der Waals surface area contributed by atoms with Crippen LogP contribution in [0.25, 0.3) is 11.4 Å². The Labute approximate surface area is 175 Å². The lowest BCUT2D eigenvalue weighted by atomic mass is 9.98. The SMILES string of the molecule is COc1ccc(OC)c(CN2CCCCC2c2cc(=O)[nH]c(-c3ccncc3)n2)c1. The highest BCUT2D eigenvalue weighted by molar-refractivity contribution is 5.53. The first kappa shape index (κ1) is 20.1. The van der Waals surface area contributed by atoms with Crippen molar-refractivity contribution in [1.29, 1.82) is 0 Å². The molecule has 7 nitrogen and oxygen atoms in total. The lowest BCUT2D eigenvalue weighted by molar-refractivity contribution is 0.135. The van der Waals surface area contributed by atoms with Crippen LogP contribution in [-0.2, 0) is 6.54 Å². The van der Waals surface area contributed by atoms with Gasteiger partial charge in [-0.15, -0.1) is 0 Å². The summed E-state index contributed by atoms with van der Waals surface area (Å²) in [6.07, 6.45) is 6.57. The topological polar surface area (TPSA) is 80.3 Å². The van der Waals surface area contributed by atoms with Gasteiger partial charge in [0, 0.05) is 36.1 Å². The van der Waals surface area contributed by atoms with Gasteiger partial charge in [-0.2, -0.15) is 0 Å². The molecule has 0 aliphatic carbocycles. The minimum Gasteiger partial charge on any atom is -0.497 e. The molecule has 1 aromatic carbocycles. The van der Waals surface area contributed by atoms with Gasteiger partial charge in [0.2, 0.25) is 0 Å². The third-order valence-corrected chi connectivity index (χ3v) is 5.53. The highest BCUT2D eigenvalue weighted by atomic mass is 16.5. The van der Waals surface area contributed by atoms with Gasteiger partial charge in [-0.1, -0.05) is 6.42 Å². The van der Waals surface area contributed by atoms with E-state index in [4.69, 9.17) is 14.5 Å². The van der Waals surface area contributed by atoms with Crippen LogP contribution in [0.15, 0.2) is 53.6 Å². The van der Waals surface area contributed by atoms with Crippen LogP contribution in [0.4, 0.5) is 0 Å². The van der Waals surface area contributed by atoms with Gasteiger partial charge in [0.05, 0.1) is 26.0 Å². The maximum absolute atomic E-state index is 12.4. The van der Waals surface area contributed by atoms with Crippen LogP contribution in [0.2, 0.25) is 0 Å².